The number of nitrogens with zero attached hydrogens (tertiary/aromatic N) is 5. The second-order valence-electron chi connectivity index (χ2n) is 6.61. The molecular formula is C20H19N5O4. The van der Waals surface area contributed by atoms with Crippen molar-refractivity contribution >= 4 is 11.6 Å². The topological polar surface area (TPSA) is 112 Å². The van der Waals surface area contributed by atoms with Crippen molar-refractivity contribution in [3.63, 3.8) is 0 Å². The average molecular weight is 393 g/mol. The number of hydrogen-bond acceptors (Lipinski definition) is 6. The van der Waals surface area contributed by atoms with Gasteiger partial charge in [0.25, 0.3) is 11.6 Å². The molecule has 0 fully saturated rings. The van der Waals surface area contributed by atoms with Crippen molar-refractivity contribution in [3.05, 3.63) is 91.9 Å². The first-order valence-electron chi connectivity index (χ1n) is 8.90. The first-order chi connectivity index (χ1) is 13.8. The molecule has 3 rings (SSSR count). The molecule has 0 unspecified atom stereocenters. The summed E-state index contributed by atoms with van der Waals surface area (Å²) in [6, 6.07) is 12.2. The zero-order valence-corrected chi connectivity index (χ0v) is 16.1. The van der Waals surface area contributed by atoms with E-state index < -0.39 is 16.3 Å². The normalized spacial score (nSPS) is 11.7. The van der Waals surface area contributed by atoms with Gasteiger partial charge in [0.1, 0.15) is 11.2 Å². The summed E-state index contributed by atoms with van der Waals surface area (Å²) in [7, 11) is 0. The Morgan fingerprint density at radius 2 is 1.86 bits per heavy atom. The molecule has 0 aliphatic heterocycles. The molecule has 29 heavy (non-hydrogen) atoms. The smallest absolute Gasteiger partial charge is 0.287 e. The summed E-state index contributed by atoms with van der Waals surface area (Å²) >= 11 is 0. The van der Waals surface area contributed by atoms with Crippen molar-refractivity contribution < 1.29 is 9.72 Å². The van der Waals surface area contributed by atoms with E-state index in [9.17, 15) is 19.7 Å². The van der Waals surface area contributed by atoms with Crippen molar-refractivity contribution in [1.82, 2.24) is 14.3 Å². The SMILES string of the molecule is Cc1cc(=O)c(C(=O)n2ccccc2=NC(C)C)nn1-c1ccccc1[N+](=O)[O-]. The number of benzene rings is 1. The Labute approximate surface area is 165 Å². The third kappa shape index (κ3) is 4.03. The monoisotopic (exact) mass is 393 g/mol. The number of carbonyl (C=O) groups is 1. The van der Waals surface area contributed by atoms with Crippen molar-refractivity contribution in [1.29, 1.82) is 0 Å². The van der Waals surface area contributed by atoms with Crippen molar-refractivity contribution in [2.45, 2.75) is 26.8 Å². The first kappa shape index (κ1) is 19.9. The molecule has 1 aromatic carbocycles. The van der Waals surface area contributed by atoms with Gasteiger partial charge in [-0.05, 0) is 39.0 Å². The zero-order valence-electron chi connectivity index (χ0n) is 16.1. The van der Waals surface area contributed by atoms with Crippen LogP contribution in [0.25, 0.3) is 5.69 Å². The largest absolute Gasteiger partial charge is 0.294 e. The Morgan fingerprint density at radius 3 is 2.55 bits per heavy atom. The lowest BCUT2D eigenvalue weighted by Gasteiger charge is -2.12. The zero-order chi connectivity index (χ0) is 21.1. The Kier molecular flexibility index (Phi) is 5.49. The van der Waals surface area contributed by atoms with Gasteiger partial charge in [0.2, 0.25) is 5.43 Å². The molecule has 3 aromatic rings. The van der Waals surface area contributed by atoms with E-state index in [4.69, 9.17) is 0 Å². The maximum absolute atomic E-state index is 13.1. The average Bonchev–Trinajstić information content (AvgIpc) is 2.67. The van der Waals surface area contributed by atoms with E-state index in [0.717, 1.165) is 0 Å². The number of para-hydroxylation sites is 2. The van der Waals surface area contributed by atoms with Gasteiger partial charge < -0.3 is 0 Å². The minimum atomic E-state index is -0.665. The summed E-state index contributed by atoms with van der Waals surface area (Å²) in [5.74, 6) is -0.665. The van der Waals surface area contributed by atoms with Crippen LogP contribution in [-0.2, 0) is 0 Å². The van der Waals surface area contributed by atoms with Crippen LogP contribution in [0.3, 0.4) is 0 Å². The molecule has 2 heterocycles. The number of carbonyl (C=O) groups excluding carboxylic acids is 1. The third-order valence-electron chi connectivity index (χ3n) is 4.06. The summed E-state index contributed by atoms with van der Waals surface area (Å²) < 4.78 is 2.47. The summed E-state index contributed by atoms with van der Waals surface area (Å²) in [6.45, 7) is 5.33. The number of nitro benzene ring substituents is 1. The van der Waals surface area contributed by atoms with E-state index in [1.165, 1.54) is 39.7 Å². The van der Waals surface area contributed by atoms with E-state index in [2.05, 4.69) is 10.1 Å². The molecule has 0 radical (unpaired) electrons. The standard InChI is InChI=1S/C20H19N5O4/c1-13(2)21-18-10-6-7-11-23(18)20(27)19-17(26)12-14(3)24(22-19)15-8-4-5-9-16(15)25(28)29/h4-13H,1-3H3. The Bertz CT molecular complexity index is 1220. The van der Waals surface area contributed by atoms with Gasteiger partial charge in [-0.3, -0.25) is 29.3 Å². The summed E-state index contributed by atoms with van der Waals surface area (Å²) in [5, 5.41) is 15.5. The van der Waals surface area contributed by atoms with E-state index in [-0.39, 0.29) is 23.1 Å². The highest BCUT2D eigenvalue weighted by molar-refractivity contribution is 5.93. The molecule has 0 aliphatic carbocycles. The lowest BCUT2D eigenvalue weighted by atomic mass is 10.2. The van der Waals surface area contributed by atoms with E-state index in [0.29, 0.717) is 11.2 Å². The maximum Gasteiger partial charge on any atom is 0.294 e. The van der Waals surface area contributed by atoms with Crippen LogP contribution in [0.1, 0.15) is 30.0 Å². The predicted molar refractivity (Wildman–Crippen MR) is 106 cm³/mol. The second kappa shape index (κ2) is 8.01. The van der Waals surface area contributed by atoms with Gasteiger partial charge in [-0.25, -0.2) is 4.68 Å². The van der Waals surface area contributed by atoms with Crippen LogP contribution in [0.15, 0.2) is 64.5 Å². The highest BCUT2D eigenvalue weighted by atomic mass is 16.6. The first-order valence-corrected chi connectivity index (χ1v) is 8.90. The molecule has 148 valence electrons. The molecule has 0 saturated heterocycles. The number of nitro groups is 1. The minimum Gasteiger partial charge on any atom is -0.287 e. The molecule has 0 saturated carbocycles. The highest BCUT2D eigenvalue weighted by Gasteiger charge is 2.21. The van der Waals surface area contributed by atoms with Crippen LogP contribution in [0, 0.1) is 17.0 Å². The molecule has 2 aromatic heterocycles. The van der Waals surface area contributed by atoms with Crippen LogP contribution in [-0.4, -0.2) is 31.2 Å². The Hall–Kier alpha value is -3.88. The highest BCUT2D eigenvalue weighted by Crippen LogP contribution is 2.22. The molecule has 0 amide bonds. The Balaban J connectivity index is 2.22. The van der Waals surface area contributed by atoms with Gasteiger partial charge in [0.15, 0.2) is 5.69 Å². The quantitative estimate of drug-likeness (QED) is 0.498. The number of hydrogen-bond donors (Lipinski definition) is 0. The molecule has 0 spiro atoms. The number of rotatable bonds is 4. The third-order valence-corrected chi connectivity index (χ3v) is 4.06. The van der Waals surface area contributed by atoms with Gasteiger partial charge in [-0.2, -0.15) is 5.10 Å². The van der Waals surface area contributed by atoms with Crippen molar-refractivity contribution in [2.75, 3.05) is 0 Å². The summed E-state index contributed by atoms with van der Waals surface area (Å²) in [5.41, 5.74) is -0.209. The lowest BCUT2D eigenvalue weighted by molar-refractivity contribution is -0.384. The predicted octanol–water partition coefficient (Wildman–Crippen LogP) is 2.25. The van der Waals surface area contributed by atoms with Crippen LogP contribution >= 0.6 is 0 Å². The fourth-order valence-corrected chi connectivity index (χ4v) is 2.83. The summed E-state index contributed by atoms with van der Waals surface area (Å²) in [6.07, 6.45) is 1.50. The van der Waals surface area contributed by atoms with Crippen LogP contribution in [0.5, 0.6) is 0 Å². The Morgan fingerprint density at radius 1 is 1.17 bits per heavy atom. The van der Waals surface area contributed by atoms with Gasteiger partial charge in [-0.15, -0.1) is 0 Å². The van der Waals surface area contributed by atoms with Crippen molar-refractivity contribution in [3.8, 4) is 5.69 Å². The van der Waals surface area contributed by atoms with E-state index >= 15 is 0 Å². The molecule has 0 bridgehead atoms. The van der Waals surface area contributed by atoms with Gasteiger partial charge >= 0.3 is 0 Å². The molecule has 0 atom stereocenters. The minimum absolute atomic E-state index is 0.0638. The lowest BCUT2D eigenvalue weighted by Crippen LogP contribution is -2.33. The van der Waals surface area contributed by atoms with E-state index in [1.54, 1.807) is 31.2 Å². The van der Waals surface area contributed by atoms with Gasteiger partial charge in [-0.1, -0.05) is 18.2 Å². The molecular weight excluding hydrogens is 374 g/mol. The fourth-order valence-electron chi connectivity index (χ4n) is 2.83. The molecule has 9 heteroatoms. The molecule has 9 nitrogen and oxygen atoms in total. The summed E-state index contributed by atoms with van der Waals surface area (Å²) in [4.78, 5) is 40.8. The molecule has 0 aliphatic rings. The van der Waals surface area contributed by atoms with Gasteiger partial charge in [0, 0.05) is 30.1 Å². The fraction of sp³-hybridized carbons (Fsp3) is 0.200. The van der Waals surface area contributed by atoms with Gasteiger partial charge in [0.05, 0.1) is 4.92 Å². The van der Waals surface area contributed by atoms with Crippen LogP contribution in [0.4, 0.5) is 5.69 Å². The number of aromatic nitrogens is 3. The van der Waals surface area contributed by atoms with E-state index in [1.807, 2.05) is 13.8 Å². The second-order valence-corrected chi connectivity index (χ2v) is 6.61. The van der Waals surface area contributed by atoms with Crippen LogP contribution in [0.2, 0.25) is 0 Å². The van der Waals surface area contributed by atoms with Crippen molar-refractivity contribution in [2.24, 2.45) is 4.99 Å². The molecule has 0 N–H and O–H groups in total. The number of pyridine rings is 1. The maximum atomic E-state index is 13.1. The number of aryl methyl sites for hydroxylation is 1. The van der Waals surface area contributed by atoms with Crippen LogP contribution < -0.4 is 10.9 Å².